The summed E-state index contributed by atoms with van der Waals surface area (Å²) in [6, 6.07) is 17.6. The van der Waals surface area contributed by atoms with E-state index in [0.717, 1.165) is 52.4 Å². The van der Waals surface area contributed by atoms with Gasteiger partial charge in [0.15, 0.2) is 10.9 Å². The molecule has 0 radical (unpaired) electrons. The van der Waals surface area contributed by atoms with Gasteiger partial charge in [-0.25, -0.2) is 4.98 Å². The molecule has 0 bridgehead atoms. The largest absolute Gasteiger partial charge is 0.360 e. The highest BCUT2D eigenvalue weighted by atomic mass is 32.2. The predicted molar refractivity (Wildman–Crippen MR) is 139 cm³/mol. The molecular weight excluding hydrogens is 462 g/mol. The number of aromatic nitrogens is 3. The Balaban J connectivity index is 1.46. The molecule has 0 aliphatic heterocycles. The molecule has 1 N–H and O–H groups in total. The Bertz CT molecular complexity index is 1600. The smallest absolute Gasteiger partial charge is 0.262 e. The number of aromatic amines is 1. The summed E-state index contributed by atoms with van der Waals surface area (Å²) in [5.74, 6) is -0.00605. The number of Topliss-reactive ketones (excluding diaryl/α,β-unsaturated/α-hetero) is 1. The standard InChI is InChI=1S/C27H23N3O2S2/c1-30-26(32)22-18-12-6-8-14-21(18)33-25(22)29-27(30)34-24(16-9-3-2-4-10-16)23(31)19-15-28-20-13-7-5-11-17(19)20/h2-5,7,9-11,13,15,24,28H,6,8,12,14H2,1H3. The lowest BCUT2D eigenvalue weighted by molar-refractivity contribution is 0.0991. The third-order valence-corrected chi connectivity index (χ3v) is 9.06. The van der Waals surface area contributed by atoms with Crippen LogP contribution >= 0.6 is 23.1 Å². The molecule has 0 spiro atoms. The predicted octanol–water partition coefficient (Wildman–Crippen LogP) is 6.07. The number of carbonyl (C=O) groups excluding carboxylic acids is 1. The minimum absolute atomic E-state index is 0.00605. The molecule has 1 aliphatic carbocycles. The molecule has 0 saturated heterocycles. The SMILES string of the molecule is Cn1c(SC(C(=O)c2c[nH]c3ccccc23)c2ccccc2)nc2sc3c(c2c1=O)CCCC3. The number of hydrogen-bond acceptors (Lipinski definition) is 5. The van der Waals surface area contributed by atoms with Gasteiger partial charge in [0.1, 0.15) is 10.1 Å². The summed E-state index contributed by atoms with van der Waals surface area (Å²) in [6.07, 6.45) is 6.04. The van der Waals surface area contributed by atoms with Crippen LogP contribution in [0.15, 0.2) is 70.7 Å². The van der Waals surface area contributed by atoms with E-state index in [9.17, 15) is 9.59 Å². The summed E-state index contributed by atoms with van der Waals surface area (Å²) in [5.41, 5.74) is 3.64. The van der Waals surface area contributed by atoms with Gasteiger partial charge >= 0.3 is 0 Å². The second-order valence-corrected chi connectivity index (χ2v) is 10.8. The van der Waals surface area contributed by atoms with Crippen LogP contribution in [-0.4, -0.2) is 20.3 Å². The lowest BCUT2D eigenvalue weighted by Crippen LogP contribution is -2.21. The number of H-pyrrole nitrogens is 1. The van der Waals surface area contributed by atoms with E-state index in [1.807, 2.05) is 54.6 Å². The zero-order valence-corrected chi connectivity index (χ0v) is 20.3. The highest BCUT2D eigenvalue weighted by molar-refractivity contribution is 8.00. The van der Waals surface area contributed by atoms with E-state index in [0.29, 0.717) is 10.7 Å². The van der Waals surface area contributed by atoms with E-state index in [4.69, 9.17) is 4.98 Å². The topological polar surface area (TPSA) is 67.8 Å². The summed E-state index contributed by atoms with van der Waals surface area (Å²) in [6.45, 7) is 0. The van der Waals surface area contributed by atoms with Crippen molar-refractivity contribution in [2.75, 3.05) is 0 Å². The van der Waals surface area contributed by atoms with Crippen LogP contribution in [0.1, 0.15) is 44.5 Å². The number of hydrogen-bond donors (Lipinski definition) is 1. The van der Waals surface area contributed by atoms with Crippen molar-refractivity contribution in [2.45, 2.75) is 36.1 Å². The van der Waals surface area contributed by atoms with E-state index in [1.165, 1.54) is 22.2 Å². The van der Waals surface area contributed by atoms with Crippen molar-refractivity contribution >= 4 is 50.0 Å². The molecule has 1 atom stereocenters. The molecule has 0 amide bonds. The number of thiophene rings is 1. The molecule has 3 aromatic heterocycles. The lowest BCUT2D eigenvalue weighted by Gasteiger charge is -2.17. The summed E-state index contributed by atoms with van der Waals surface area (Å²) >= 11 is 2.99. The monoisotopic (exact) mass is 485 g/mol. The van der Waals surface area contributed by atoms with Crippen molar-refractivity contribution in [1.82, 2.24) is 14.5 Å². The molecule has 1 aliphatic rings. The van der Waals surface area contributed by atoms with E-state index in [1.54, 1.807) is 29.1 Å². The maximum Gasteiger partial charge on any atom is 0.262 e. The van der Waals surface area contributed by atoms with Crippen LogP contribution in [0.2, 0.25) is 0 Å². The molecule has 1 unspecified atom stereocenters. The first kappa shape index (κ1) is 21.4. The first-order valence-corrected chi connectivity index (χ1v) is 13.1. The average molecular weight is 486 g/mol. The number of nitrogens with one attached hydrogen (secondary N) is 1. The highest BCUT2D eigenvalue weighted by Crippen LogP contribution is 2.40. The first-order chi connectivity index (χ1) is 16.6. The first-order valence-electron chi connectivity index (χ1n) is 11.4. The van der Waals surface area contributed by atoms with Crippen LogP contribution in [0.3, 0.4) is 0 Å². The van der Waals surface area contributed by atoms with E-state index in [-0.39, 0.29) is 11.3 Å². The summed E-state index contributed by atoms with van der Waals surface area (Å²) in [4.78, 5) is 37.5. The molecule has 5 aromatic rings. The molecule has 3 heterocycles. The second kappa shape index (κ2) is 8.56. The van der Waals surface area contributed by atoms with Crippen LogP contribution in [0, 0.1) is 0 Å². The Morgan fingerprint density at radius 3 is 2.71 bits per heavy atom. The highest BCUT2D eigenvalue weighted by Gasteiger charge is 2.28. The van der Waals surface area contributed by atoms with Crippen LogP contribution in [0.5, 0.6) is 0 Å². The summed E-state index contributed by atoms with van der Waals surface area (Å²) < 4.78 is 1.62. The fraction of sp³-hybridized carbons (Fsp3) is 0.222. The Morgan fingerprint density at radius 1 is 1.09 bits per heavy atom. The molecule has 5 nitrogen and oxygen atoms in total. The van der Waals surface area contributed by atoms with Gasteiger partial charge in [0.2, 0.25) is 0 Å². The third-order valence-electron chi connectivity index (χ3n) is 6.57. The molecule has 7 heteroatoms. The Labute approximate surface area is 204 Å². The van der Waals surface area contributed by atoms with Crippen LogP contribution in [-0.2, 0) is 19.9 Å². The van der Waals surface area contributed by atoms with Gasteiger partial charge in [0, 0.05) is 34.6 Å². The average Bonchev–Trinajstić information content (AvgIpc) is 3.47. The number of aryl methyl sites for hydroxylation is 2. The number of benzene rings is 2. The Hall–Kier alpha value is -3.16. The van der Waals surface area contributed by atoms with Crippen LogP contribution in [0.25, 0.3) is 21.1 Å². The van der Waals surface area contributed by atoms with Crippen LogP contribution < -0.4 is 5.56 Å². The van der Waals surface area contributed by atoms with Gasteiger partial charge in [-0.05, 0) is 42.9 Å². The maximum absolute atomic E-state index is 13.9. The zero-order chi connectivity index (χ0) is 23.2. The third kappa shape index (κ3) is 3.51. The fourth-order valence-corrected chi connectivity index (χ4v) is 7.23. The van der Waals surface area contributed by atoms with Crippen molar-refractivity contribution in [3.05, 3.63) is 92.7 Å². The maximum atomic E-state index is 13.9. The molecule has 0 fully saturated rings. The van der Waals surface area contributed by atoms with E-state index in [2.05, 4.69) is 4.98 Å². The summed E-state index contributed by atoms with van der Waals surface area (Å²) in [5, 5.41) is 1.71. The Kier molecular flexibility index (Phi) is 5.38. The molecular formula is C27H23N3O2S2. The lowest BCUT2D eigenvalue weighted by atomic mass is 9.97. The number of para-hydroxylation sites is 1. The van der Waals surface area contributed by atoms with Crippen molar-refractivity contribution in [3.63, 3.8) is 0 Å². The van der Waals surface area contributed by atoms with Crippen molar-refractivity contribution < 1.29 is 4.79 Å². The van der Waals surface area contributed by atoms with E-state index >= 15 is 0 Å². The normalized spacial score (nSPS) is 14.4. The molecule has 0 saturated carbocycles. The number of thioether (sulfide) groups is 1. The number of nitrogens with zero attached hydrogens (tertiary/aromatic N) is 2. The van der Waals surface area contributed by atoms with Gasteiger partial charge < -0.3 is 4.98 Å². The minimum Gasteiger partial charge on any atom is -0.360 e. The summed E-state index contributed by atoms with van der Waals surface area (Å²) in [7, 11) is 1.77. The van der Waals surface area contributed by atoms with Gasteiger partial charge in [-0.1, -0.05) is 60.3 Å². The van der Waals surface area contributed by atoms with E-state index < -0.39 is 5.25 Å². The van der Waals surface area contributed by atoms with Crippen molar-refractivity contribution in [2.24, 2.45) is 7.05 Å². The molecule has 34 heavy (non-hydrogen) atoms. The molecule has 2 aromatic carbocycles. The second-order valence-electron chi connectivity index (χ2n) is 8.67. The quantitative estimate of drug-likeness (QED) is 0.186. The van der Waals surface area contributed by atoms with Gasteiger partial charge in [0.25, 0.3) is 5.56 Å². The number of fused-ring (bicyclic) bond motifs is 4. The minimum atomic E-state index is -0.523. The van der Waals surface area contributed by atoms with Crippen molar-refractivity contribution in [1.29, 1.82) is 0 Å². The number of rotatable bonds is 5. The Morgan fingerprint density at radius 2 is 1.85 bits per heavy atom. The molecule has 170 valence electrons. The van der Waals surface area contributed by atoms with Gasteiger partial charge in [0.05, 0.1) is 5.39 Å². The number of carbonyl (C=O) groups is 1. The number of ketones is 1. The van der Waals surface area contributed by atoms with Crippen molar-refractivity contribution in [3.8, 4) is 0 Å². The van der Waals surface area contributed by atoms with Gasteiger partial charge in [-0.3, -0.25) is 14.2 Å². The fourth-order valence-electron chi connectivity index (χ4n) is 4.80. The zero-order valence-electron chi connectivity index (χ0n) is 18.7. The van der Waals surface area contributed by atoms with Crippen LogP contribution in [0.4, 0.5) is 0 Å². The molecule has 6 rings (SSSR count). The van der Waals surface area contributed by atoms with Gasteiger partial charge in [-0.2, -0.15) is 0 Å². The van der Waals surface area contributed by atoms with Gasteiger partial charge in [-0.15, -0.1) is 11.3 Å².